The second-order valence-corrected chi connectivity index (χ2v) is 9.69. The number of hydrogen-bond donors (Lipinski definition) is 1. The number of nitrogens with one attached hydrogen (secondary N) is 1. The van der Waals surface area contributed by atoms with Crippen LogP contribution in [0, 0.1) is 11.3 Å². The van der Waals surface area contributed by atoms with Crippen LogP contribution in [0.25, 0.3) is 23.0 Å². The van der Waals surface area contributed by atoms with E-state index in [4.69, 9.17) is 5.10 Å². The summed E-state index contributed by atoms with van der Waals surface area (Å²) in [6.07, 6.45) is 11.9. The molecule has 0 aliphatic heterocycles. The fourth-order valence-electron chi connectivity index (χ4n) is 3.76. The van der Waals surface area contributed by atoms with E-state index in [9.17, 15) is 10.1 Å². The fourth-order valence-corrected chi connectivity index (χ4v) is 4.75. The quantitative estimate of drug-likeness (QED) is 0.114. The number of aryl methyl sites for hydroxylation is 1. The van der Waals surface area contributed by atoms with Crippen molar-refractivity contribution in [3.63, 3.8) is 0 Å². The van der Waals surface area contributed by atoms with Crippen LogP contribution in [-0.2, 0) is 11.3 Å². The minimum absolute atomic E-state index is 0.0447. The predicted octanol–water partition coefficient (Wildman–Crippen LogP) is 5.74. The van der Waals surface area contributed by atoms with Crippen LogP contribution in [0.2, 0.25) is 0 Å². The normalized spacial score (nSPS) is 11.3. The molecule has 0 fully saturated rings. The standard InChI is InChI=1S/C29H30N6OS/c1-2-3-18-37-27-12-10-23(11-13-27)28-25(21-35(33-28)26-8-5-4-6-9-26)19-24(20-30)29(36)32-14-7-16-34-17-15-31-22-34/h4-6,8-13,15,17,19,21-22H,2-3,7,14,16,18H2,1H3,(H,32,36). The Morgan fingerprint density at radius 3 is 2.65 bits per heavy atom. The van der Waals surface area contributed by atoms with E-state index in [0.717, 1.165) is 35.7 Å². The number of imidazole rings is 1. The number of unbranched alkanes of at least 4 members (excludes halogenated alkanes) is 1. The summed E-state index contributed by atoms with van der Waals surface area (Å²) in [7, 11) is 0. The van der Waals surface area contributed by atoms with Crippen LogP contribution in [0.3, 0.4) is 0 Å². The summed E-state index contributed by atoms with van der Waals surface area (Å²) < 4.78 is 3.73. The van der Waals surface area contributed by atoms with Gasteiger partial charge >= 0.3 is 0 Å². The molecule has 188 valence electrons. The molecule has 0 unspecified atom stereocenters. The molecule has 0 saturated heterocycles. The van der Waals surface area contributed by atoms with Crippen LogP contribution >= 0.6 is 11.8 Å². The average molecular weight is 511 g/mol. The summed E-state index contributed by atoms with van der Waals surface area (Å²) in [6.45, 7) is 3.40. The molecule has 4 aromatic rings. The van der Waals surface area contributed by atoms with E-state index in [1.165, 1.54) is 17.7 Å². The Balaban J connectivity index is 1.56. The monoisotopic (exact) mass is 510 g/mol. The molecule has 0 bridgehead atoms. The minimum Gasteiger partial charge on any atom is -0.351 e. The molecule has 8 heteroatoms. The van der Waals surface area contributed by atoms with E-state index < -0.39 is 5.91 Å². The molecule has 37 heavy (non-hydrogen) atoms. The molecule has 1 amide bonds. The first-order valence-corrected chi connectivity index (χ1v) is 13.4. The van der Waals surface area contributed by atoms with Gasteiger partial charge in [-0.1, -0.05) is 43.7 Å². The van der Waals surface area contributed by atoms with E-state index in [2.05, 4.69) is 35.4 Å². The molecule has 0 aliphatic rings. The zero-order valence-electron chi connectivity index (χ0n) is 20.9. The molecule has 2 aromatic heterocycles. The number of amides is 1. The van der Waals surface area contributed by atoms with Crippen molar-refractivity contribution in [2.24, 2.45) is 0 Å². The van der Waals surface area contributed by atoms with Gasteiger partial charge in [-0.15, -0.1) is 11.8 Å². The number of para-hydroxylation sites is 1. The molecule has 0 radical (unpaired) electrons. The number of nitriles is 1. The number of carbonyl (C=O) groups excluding carboxylic acids is 1. The van der Waals surface area contributed by atoms with Gasteiger partial charge in [0.2, 0.25) is 0 Å². The molecule has 0 saturated carbocycles. The van der Waals surface area contributed by atoms with Gasteiger partial charge in [0, 0.05) is 47.7 Å². The van der Waals surface area contributed by atoms with Gasteiger partial charge in [0.05, 0.1) is 17.7 Å². The van der Waals surface area contributed by atoms with Crippen LogP contribution < -0.4 is 5.32 Å². The molecule has 0 atom stereocenters. The van der Waals surface area contributed by atoms with Gasteiger partial charge in [-0.05, 0) is 48.9 Å². The van der Waals surface area contributed by atoms with Crippen LogP contribution in [0.15, 0.2) is 90.0 Å². The Morgan fingerprint density at radius 2 is 1.95 bits per heavy atom. The van der Waals surface area contributed by atoms with Crippen LogP contribution in [0.1, 0.15) is 31.7 Å². The molecule has 2 aromatic carbocycles. The van der Waals surface area contributed by atoms with E-state index in [0.29, 0.717) is 12.1 Å². The third-order valence-electron chi connectivity index (χ3n) is 5.76. The second kappa shape index (κ2) is 13.3. The first kappa shape index (κ1) is 26.0. The second-order valence-electron chi connectivity index (χ2n) is 8.52. The van der Waals surface area contributed by atoms with Crippen molar-refractivity contribution in [1.82, 2.24) is 24.6 Å². The summed E-state index contributed by atoms with van der Waals surface area (Å²) in [6, 6.07) is 20.1. The molecular weight excluding hydrogens is 480 g/mol. The number of thioether (sulfide) groups is 1. The van der Waals surface area contributed by atoms with Crippen molar-refractivity contribution in [1.29, 1.82) is 5.26 Å². The van der Waals surface area contributed by atoms with Crippen LogP contribution in [0.4, 0.5) is 0 Å². The van der Waals surface area contributed by atoms with Crippen LogP contribution in [-0.4, -0.2) is 37.5 Å². The summed E-state index contributed by atoms with van der Waals surface area (Å²) in [5.41, 5.74) is 3.30. The SMILES string of the molecule is CCCCSc1ccc(-c2nn(-c3ccccc3)cc2C=C(C#N)C(=O)NCCCn2ccnc2)cc1. The zero-order chi connectivity index (χ0) is 25.9. The first-order valence-electron chi connectivity index (χ1n) is 12.4. The Bertz CT molecular complexity index is 1350. The number of benzene rings is 2. The molecule has 2 heterocycles. The van der Waals surface area contributed by atoms with Crippen LogP contribution in [0.5, 0.6) is 0 Å². The van der Waals surface area contributed by atoms with Crippen molar-refractivity contribution >= 4 is 23.7 Å². The smallest absolute Gasteiger partial charge is 0.261 e. The van der Waals surface area contributed by atoms with E-state index in [1.807, 2.05) is 71.2 Å². The highest BCUT2D eigenvalue weighted by atomic mass is 32.2. The number of carbonyl (C=O) groups is 1. The minimum atomic E-state index is -0.394. The Kier molecular flexibility index (Phi) is 9.33. The average Bonchev–Trinajstić information content (AvgIpc) is 3.61. The first-order chi connectivity index (χ1) is 18.2. The van der Waals surface area contributed by atoms with E-state index >= 15 is 0 Å². The van der Waals surface area contributed by atoms with Gasteiger partial charge in [0.25, 0.3) is 5.91 Å². The molecule has 0 aliphatic carbocycles. The zero-order valence-corrected chi connectivity index (χ0v) is 21.7. The molecule has 1 N–H and O–H groups in total. The lowest BCUT2D eigenvalue weighted by atomic mass is 10.1. The Hall–Kier alpha value is -4.09. The lowest BCUT2D eigenvalue weighted by Crippen LogP contribution is -2.26. The maximum Gasteiger partial charge on any atom is 0.261 e. The van der Waals surface area contributed by atoms with Crippen molar-refractivity contribution in [2.75, 3.05) is 12.3 Å². The number of nitrogens with zero attached hydrogens (tertiary/aromatic N) is 5. The maximum atomic E-state index is 12.8. The van der Waals surface area contributed by atoms with Gasteiger partial charge in [-0.25, -0.2) is 9.67 Å². The molecule has 4 rings (SSSR count). The number of aromatic nitrogens is 4. The number of hydrogen-bond acceptors (Lipinski definition) is 5. The van der Waals surface area contributed by atoms with Crippen molar-refractivity contribution < 1.29 is 4.79 Å². The highest BCUT2D eigenvalue weighted by Gasteiger charge is 2.15. The largest absolute Gasteiger partial charge is 0.351 e. The van der Waals surface area contributed by atoms with E-state index in [-0.39, 0.29) is 5.57 Å². The Morgan fingerprint density at radius 1 is 1.14 bits per heavy atom. The molecular formula is C29H30N6OS. The van der Waals surface area contributed by atoms with Gasteiger partial charge < -0.3 is 9.88 Å². The summed E-state index contributed by atoms with van der Waals surface area (Å²) in [5, 5.41) is 17.4. The van der Waals surface area contributed by atoms with Crippen molar-refractivity contribution in [3.05, 3.63) is 90.7 Å². The van der Waals surface area contributed by atoms with Gasteiger partial charge in [-0.3, -0.25) is 4.79 Å². The summed E-state index contributed by atoms with van der Waals surface area (Å²) in [5.74, 6) is 0.698. The van der Waals surface area contributed by atoms with Gasteiger partial charge in [0.15, 0.2) is 0 Å². The van der Waals surface area contributed by atoms with Gasteiger partial charge in [-0.2, -0.15) is 10.4 Å². The third-order valence-corrected chi connectivity index (χ3v) is 6.86. The lowest BCUT2D eigenvalue weighted by molar-refractivity contribution is -0.117. The number of rotatable bonds is 12. The molecule has 0 spiro atoms. The Labute approximate surface area is 221 Å². The maximum absolute atomic E-state index is 12.8. The van der Waals surface area contributed by atoms with Gasteiger partial charge in [0.1, 0.15) is 11.6 Å². The predicted molar refractivity (Wildman–Crippen MR) is 148 cm³/mol. The van der Waals surface area contributed by atoms with Crippen molar-refractivity contribution in [3.8, 4) is 23.0 Å². The van der Waals surface area contributed by atoms with Crippen molar-refractivity contribution in [2.45, 2.75) is 37.6 Å². The van der Waals surface area contributed by atoms with E-state index in [1.54, 1.807) is 23.3 Å². The molecule has 7 nitrogen and oxygen atoms in total. The highest BCUT2D eigenvalue weighted by Crippen LogP contribution is 2.28. The summed E-state index contributed by atoms with van der Waals surface area (Å²) >= 11 is 1.84. The fraction of sp³-hybridized carbons (Fsp3) is 0.241. The lowest BCUT2D eigenvalue weighted by Gasteiger charge is -2.06. The highest BCUT2D eigenvalue weighted by molar-refractivity contribution is 7.99. The topological polar surface area (TPSA) is 88.5 Å². The third kappa shape index (κ3) is 7.21. The summed E-state index contributed by atoms with van der Waals surface area (Å²) in [4.78, 5) is 18.0.